The molecule has 13 heteroatoms. The van der Waals surface area contributed by atoms with Gasteiger partial charge >= 0.3 is 11.7 Å². The number of phenolic OH excluding ortho intramolecular Hbond substituents is 1. The van der Waals surface area contributed by atoms with Gasteiger partial charge in [0.25, 0.3) is 5.56 Å². The lowest BCUT2D eigenvalue weighted by molar-refractivity contribution is -0.385. The zero-order chi connectivity index (χ0) is 27.7. The summed E-state index contributed by atoms with van der Waals surface area (Å²) in [6.07, 6.45) is 1.36. The third kappa shape index (κ3) is 4.70. The van der Waals surface area contributed by atoms with E-state index in [0.717, 1.165) is 17.4 Å². The predicted molar refractivity (Wildman–Crippen MR) is 142 cm³/mol. The van der Waals surface area contributed by atoms with Crippen LogP contribution in [-0.2, 0) is 9.53 Å². The van der Waals surface area contributed by atoms with Crippen LogP contribution >= 0.6 is 27.3 Å². The SMILES string of the molecule is CCOC(=O)C1=C(C)N=c2s/c(=C/c3cccc([N+](=O)[O-])c3O)c(=O)n2[C@H]1c1cc(OC)c(OC)cc1Br. The van der Waals surface area contributed by atoms with Gasteiger partial charge in [-0.25, -0.2) is 9.79 Å². The number of nitro benzene ring substituents is 1. The highest BCUT2D eigenvalue weighted by Gasteiger charge is 2.35. The summed E-state index contributed by atoms with van der Waals surface area (Å²) in [5, 5.41) is 21.7. The number of nitro groups is 1. The largest absolute Gasteiger partial charge is 0.502 e. The first-order valence-corrected chi connectivity index (χ1v) is 12.8. The van der Waals surface area contributed by atoms with Crippen LogP contribution in [-0.4, -0.2) is 41.4 Å². The molecular weight excluding hydrogens is 582 g/mol. The van der Waals surface area contributed by atoms with Crippen LogP contribution in [0.5, 0.6) is 17.2 Å². The van der Waals surface area contributed by atoms with Gasteiger partial charge in [-0.2, -0.15) is 0 Å². The summed E-state index contributed by atoms with van der Waals surface area (Å²) < 4.78 is 18.2. The fourth-order valence-electron chi connectivity index (χ4n) is 4.12. The lowest BCUT2D eigenvalue weighted by Crippen LogP contribution is -2.40. The van der Waals surface area contributed by atoms with Crippen LogP contribution in [0.1, 0.15) is 31.0 Å². The van der Waals surface area contributed by atoms with E-state index in [1.165, 1.54) is 37.0 Å². The molecule has 198 valence electrons. The summed E-state index contributed by atoms with van der Waals surface area (Å²) >= 11 is 4.56. The van der Waals surface area contributed by atoms with Crippen molar-refractivity contribution >= 4 is 45.0 Å². The average molecular weight is 604 g/mol. The number of para-hydroxylation sites is 1. The third-order valence-corrected chi connectivity index (χ3v) is 7.51. The Morgan fingerprint density at radius 1 is 1.29 bits per heavy atom. The molecule has 0 spiro atoms. The van der Waals surface area contributed by atoms with Crippen LogP contribution in [0.2, 0.25) is 0 Å². The molecule has 3 aromatic rings. The molecule has 1 aliphatic heterocycles. The van der Waals surface area contributed by atoms with Crippen LogP contribution in [0.3, 0.4) is 0 Å². The van der Waals surface area contributed by atoms with E-state index in [-0.39, 0.29) is 22.3 Å². The standard InChI is InChI=1S/C25H22BrN3O8S/c1-5-37-24(32)20-12(2)27-25-28(21(20)14-10-17(35-3)18(36-4)11-15(14)26)23(31)19(38-25)9-13-7-6-8-16(22(13)30)29(33)34/h6-11,21,30H,5H2,1-4H3/b19-9+/t21-/m0/s1. The first kappa shape index (κ1) is 27.1. The lowest BCUT2D eigenvalue weighted by Gasteiger charge is -2.26. The lowest BCUT2D eigenvalue weighted by atomic mass is 9.95. The minimum absolute atomic E-state index is 0.0923. The van der Waals surface area contributed by atoms with Gasteiger partial charge < -0.3 is 19.3 Å². The number of carbonyl (C=O) groups excluding carboxylic acids is 1. The summed E-state index contributed by atoms with van der Waals surface area (Å²) in [7, 11) is 2.96. The molecule has 11 nitrogen and oxygen atoms in total. The number of nitrogens with zero attached hydrogens (tertiary/aromatic N) is 3. The van der Waals surface area contributed by atoms with Gasteiger partial charge in [-0.15, -0.1) is 0 Å². The van der Waals surface area contributed by atoms with Crippen LogP contribution < -0.4 is 24.4 Å². The molecule has 0 saturated heterocycles. The van der Waals surface area contributed by atoms with Crippen molar-refractivity contribution in [3.63, 3.8) is 0 Å². The molecule has 1 N–H and O–H groups in total. The minimum Gasteiger partial charge on any atom is -0.502 e. The van der Waals surface area contributed by atoms with Gasteiger partial charge in [0, 0.05) is 16.1 Å². The molecule has 1 atom stereocenters. The number of allylic oxidation sites excluding steroid dienone is 1. The highest BCUT2D eigenvalue weighted by Crippen LogP contribution is 2.40. The zero-order valence-corrected chi connectivity index (χ0v) is 23.1. The van der Waals surface area contributed by atoms with Gasteiger partial charge in [0.2, 0.25) is 5.75 Å². The van der Waals surface area contributed by atoms with E-state index in [9.17, 15) is 24.8 Å². The minimum atomic E-state index is -0.944. The predicted octanol–water partition coefficient (Wildman–Crippen LogP) is 3.19. The number of phenols is 1. The van der Waals surface area contributed by atoms with Gasteiger partial charge in [-0.05, 0) is 37.6 Å². The van der Waals surface area contributed by atoms with Crippen molar-refractivity contribution in [3.05, 3.63) is 87.0 Å². The van der Waals surface area contributed by atoms with Crippen molar-refractivity contribution in [2.75, 3.05) is 20.8 Å². The van der Waals surface area contributed by atoms with Crippen LogP contribution in [0, 0.1) is 10.1 Å². The number of methoxy groups -OCH3 is 2. The van der Waals surface area contributed by atoms with Gasteiger partial charge in [-0.1, -0.05) is 39.4 Å². The Morgan fingerprint density at radius 2 is 1.97 bits per heavy atom. The molecule has 2 aromatic carbocycles. The third-order valence-electron chi connectivity index (χ3n) is 5.84. The van der Waals surface area contributed by atoms with E-state index in [4.69, 9.17) is 14.2 Å². The molecular formula is C25H22BrN3O8S. The van der Waals surface area contributed by atoms with Crippen LogP contribution in [0.15, 0.2) is 55.9 Å². The number of esters is 1. The highest BCUT2D eigenvalue weighted by atomic mass is 79.9. The quantitative estimate of drug-likeness (QED) is 0.246. The van der Waals surface area contributed by atoms with E-state index in [2.05, 4.69) is 20.9 Å². The van der Waals surface area contributed by atoms with E-state index in [1.807, 2.05) is 0 Å². The number of hydrogen-bond donors (Lipinski definition) is 1. The number of aromatic hydroxyl groups is 1. The van der Waals surface area contributed by atoms with Crippen molar-refractivity contribution in [3.8, 4) is 17.2 Å². The van der Waals surface area contributed by atoms with Crippen LogP contribution in [0.25, 0.3) is 6.08 Å². The van der Waals surface area contributed by atoms with Crippen molar-refractivity contribution in [1.82, 2.24) is 4.57 Å². The van der Waals surface area contributed by atoms with E-state index < -0.39 is 33.9 Å². The van der Waals surface area contributed by atoms with E-state index >= 15 is 0 Å². The second kappa shape index (κ2) is 10.8. The molecule has 0 fully saturated rings. The summed E-state index contributed by atoms with van der Waals surface area (Å²) in [4.78, 5) is 42.2. The summed E-state index contributed by atoms with van der Waals surface area (Å²) in [6, 6.07) is 6.42. The van der Waals surface area contributed by atoms with Crippen molar-refractivity contribution in [1.29, 1.82) is 0 Å². The average Bonchev–Trinajstić information content (AvgIpc) is 3.18. The molecule has 1 aliphatic rings. The van der Waals surface area contributed by atoms with E-state index in [1.54, 1.807) is 26.0 Å². The number of ether oxygens (including phenoxy) is 3. The second-order valence-electron chi connectivity index (χ2n) is 8.00. The molecule has 0 radical (unpaired) electrons. The van der Waals surface area contributed by atoms with Gasteiger partial charge in [0.15, 0.2) is 16.3 Å². The number of halogens is 1. The number of rotatable bonds is 7. The smallest absolute Gasteiger partial charge is 0.338 e. The van der Waals surface area contributed by atoms with Gasteiger partial charge in [0.1, 0.15) is 0 Å². The fourth-order valence-corrected chi connectivity index (χ4v) is 5.70. The number of thiazole rings is 1. The summed E-state index contributed by atoms with van der Waals surface area (Å²) in [6.45, 7) is 3.44. The summed E-state index contributed by atoms with van der Waals surface area (Å²) in [5.74, 6) is -0.376. The highest BCUT2D eigenvalue weighted by molar-refractivity contribution is 9.10. The Kier molecular flexibility index (Phi) is 7.69. The second-order valence-corrected chi connectivity index (χ2v) is 9.87. The van der Waals surface area contributed by atoms with E-state index in [0.29, 0.717) is 32.0 Å². The Hall–Kier alpha value is -3.97. The van der Waals surface area contributed by atoms with Crippen molar-refractivity contribution in [2.45, 2.75) is 19.9 Å². The van der Waals surface area contributed by atoms with Gasteiger partial charge in [-0.3, -0.25) is 19.5 Å². The molecule has 0 saturated carbocycles. The molecule has 38 heavy (non-hydrogen) atoms. The fraction of sp³-hybridized carbons (Fsp3) is 0.240. The maximum atomic E-state index is 13.8. The van der Waals surface area contributed by atoms with Gasteiger partial charge in [0.05, 0.1) is 47.6 Å². The number of aromatic nitrogens is 1. The number of carbonyl (C=O) groups is 1. The van der Waals surface area contributed by atoms with Crippen LogP contribution in [0.4, 0.5) is 5.69 Å². The molecule has 0 bridgehead atoms. The molecule has 4 rings (SSSR count). The topological polar surface area (TPSA) is 142 Å². The summed E-state index contributed by atoms with van der Waals surface area (Å²) in [5.41, 5.74) is 0.137. The maximum Gasteiger partial charge on any atom is 0.338 e. The first-order valence-electron chi connectivity index (χ1n) is 11.2. The molecule has 0 aliphatic carbocycles. The Bertz CT molecular complexity index is 1670. The van der Waals surface area contributed by atoms with Crippen molar-refractivity contribution < 1.29 is 29.0 Å². The maximum absolute atomic E-state index is 13.8. The monoisotopic (exact) mass is 603 g/mol. The Balaban J connectivity index is 2.02. The zero-order valence-electron chi connectivity index (χ0n) is 20.7. The number of hydrogen-bond acceptors (Lipinski definition) is 10. The molecule has 0 unspecified atom stereocenters. The Labute approximate surface area is 228 Å². The number of benzene rings is 2. The Morgan fingerprint density at radius 3 is 2.61 bits per heavy atom. The molecule has 0 amide bonds. The molecule has 2 heterocycles. The van der Waals surface area contributed by atoms with Crippen molar-refractivity contribution in [2.24, 2.45) is 4.99 Å². The normalized spacial score (nSPS) is 15.1. The first-order chi connectivity index (χ1) is 18.1. The number of fused-ring (bicyclic) bond motifs is 1. The molecule has 1 aromatic heterocycles.